The van der Waals surface area contributed by atoms with Crippen molar-refractivity contribution in [1.82, 2.24) is 0 Å². The van der Waals surface area contributed by atoms with Crippen molar-refractivity contribution in [3.05, 3.63) is 0 Å². The summed E-state index contributed by atoms with van der Waals surface area (Å²) in [6.45, 7) is 5.07. The van der Waals surface area contributed by atoms with Crippen LogP contribution in [0, 0.1) is 0 Å². The number of aliphatic hydroxyl groups is 1. The summed E-state index contributed by atoms with van der Waals surface area (Å²) in [4.78, 5) is 19.6. The fraction of sp³-hybridized carbons (Fsp3) is 0.857. The predicted octanol–water partition coefficient (Wildman–Crippen LogP) is 0.642. The molecule has 0 rings (SSSR count). The zero-order chi connectivity index (χ0) is 8.91. The fourth-order valence-electron chi connectivity index (χ4n) is 0.304. The first-order chi connectivity index (χ1) is 4.95. The van der Waals surface area contributed by atoms with Gasteiger partial charge in [0.2, 0.25) is 0 Å². The van der Waals surface area contributed by atoms with Gasteiger partial charge in [-0.3, -0.25) is 4.89 Å². The monoisotopic (exact) mass is 162 g/mol. The lowest BCUT2D eigenvalue weighted by atomic mass is 10.2. The summed E-state index contributed by atoms with van der Waals surface area (Å²) in [6.07, 6.45) is -0.0317. The lowest BCUT2D eigenvalue weighted by Crippen LogP contribution is -2.22. The number of rotatable bonds is 3. The third-order valence-electron chi connectivity index (χ3n) is 0.701. The average Bonchev–Trinajstić information content (AvgIpc) is 1.83. The highest BCUT2D eigenvalue weighted by Gasteiger charge is 2.14. The minimum Gasteiger partial charge on any atom is -0.396 e. The molecule has 0 saturated carbocycles. The summed E-state index contributed by atoms with van der Waals surface area (Å²) in [7, 11) is 0. The van der Waals surface area contributed by atoms with Gasteiger partial charge in [0.15, 0.2) is 0 Å². The van der Waals surface area contributed by atoms with Gasteiger partial charge >= 0.3 is 5.97 Å². The molecule has 0 radical (unpaired) electrons. The van der Waals surface area contributed by atoms with Crippen LogP contribution < -0.4 is 0 Å². The Morgan fingerprint density at radius 1 is 1.45 bits per heavy atom. The third-order valence-corrected chi connectivity index (χ3v) is 0.701. The van der Waals surface area contributed by atoms with Gasteiger partial charge < -0.3 is 5.11 Å². The molecule has 0 aliphatic carbocycles. The molecule has 4 nitrogen and oxygen atoms in total. The van der Waals surface area contributed by atoms with E-state index >= 15 is 0 Å². The van der Waals surface area contributed by atoms with Gasteiger partial charge in [0.1, 0.15) is 5.60 Å². The van der Waals surface area contributed by atoms with E-state index in [1.165, 1.54) is 0 Å². The predicted molar refractivity (Wildman–Crippen MR) is 38.6 cm³/mol. The minimum absolute atomic E-state index is 0.0317. The second-order valence-electron chi connectivity index (χ2n) is 3.12. The topological polar surface area (TPSA) is 55.8 Å². The first kappa shape index (κ1) is 10.4. The summed E-state index contributed by atoms with van der Waals surface area (Å²) in [5.74, 6) is -0.553. The van der Waals surface area contributed by atoms with Crippen LogP contribution in [0.2, 0.25) is 0 Å². The molecule has 0 aliphatic heterocycles. The van der Waals surface area contributed by atoms with Gasteiger partial charge in [-0.2, -0.15) is 4.89 Å². The molecular weight excluding hydrogens is 148 g/mol. The molecule has 0 fully saturated rings. The SMILES string of the molecule is CC(C)(C)OOC(=O)CCO. The zero-order valence-electron chi connectivity index (χ0n) is 7.09. The number of hydrogen-bond acceptors (Lipinski definition) is 4. The van der Waals surface area contributed by atoms with Crippen molar-refractivity contribution < 1.29 is 19.7 Å². The van der Waals surface area contributed by atoms with Crippen molar-refractivity contribution >= 4 is 5.97 Å². The zero-order valence-corrected chi connectivity index (χ0v) is 7.09. The number of carbonyl (C=O) groups excluding carboxylic acids is 1. The van der Waals surface area contributed by atoms with Crippen molar-refractivity contribution in [2.75, 3.05) is 6.61 Å². The molecule has 0 unspecified atom stereocenters. The van der Waals surface area contributed by atoms with E-state index in [-0.39, 0.29) is 13.0 Å². The van der Waals surface area contributed by atoms with Crippen LogP contribution in [0.4, 0.5) is 0 Å². The lowest BCUT2D eigenvalue weighted by molar-refractivity contribution is -0.320. The molecule has 1 N–H and O–H groups in total. The first-order valence-corrected chi connectivity index (χ1v) is 3.45. The van der Waals surface area contributed by atoms with Crippen molar-refractivity contribution in [3.63, 3.8) is 0 Å². The Morgan fingerprint density at radius 2 is 2.00 bits per heavy atom. The molecule has 0 amide bonds. The van der Waals surface area contributed by atoms with E-state index in [1.807, 2.05) is 0 Å². The molecule has 0 aromatic heterocycles. The summed E-state index contributed by atoms with van der Waals surface area (Å²) in [5.41, 5.74) is -0.495. The summed E-state index contributed by atoms with van der Waals surface area (Å²) < 4.78 is 0. The van der Waals surface area contributed by atoms with Gasteiger partial charge in [-0.15, -0.1) is 0 Å². The van der Waals surface area contributed by atoms with Gasteiger partial charge in [-0.1, -0.05) is 0 Å². The Hall–Kier alpha value is -0.610. The smallest absolute Gasteiger partial charge is 0.344 e. The lowest BCUT2D eigenvalue weighted by Gasteiger charge is -2.16. The highest BCUT2D eigenvalue weighted by molar-refractivity contribution is 5.68. The first-order valence-electron chi connectivity index (χ1n) is 3.45. The van der Waals surface area contributed by atoms with Gasteiger partial charge in [0, 0.05) is 0 Å². The molecular formula is C7H14O4. The molecule has 0 atom stereocenters. The fourth-order valence-corrected chi connectivity index (χ4v) is 0.304. The van der Waals surface area contributed by atoms with Crippen LogP contribution in [-0.4, -0.2) is 23.3 Å². The van der Waals surface area contributed by atoms with Crippen molar-refractivity contribution in [2.45, 2.75) is 32.8 Å². The molecule has 0 aromatic rings. The van der Waals surface area contributed by atoms with Crippen LogP contribution in [0.15, 0.2) is 0 Å². The largest absolute Gasteiger partial charge is 0.396 e. The molecule has 0 heterocycles. The van der Waals surface area contributed by atoms with Crippen molar-refractivity contribution in [2.24, 2.45) is 0 Å². The molecule has 66 valence electrons. The van der Waals surface area contributed by atoms with Crippen LogP contribution in [0.3, 0.4) is 0 Å². The van der Waals surface area contributed by atoms with E-state index in [1.54, 1.807) is 20.8 Å². The Labute approximate surface area is 66.0 Å². The van der Waals surface area contributed by atoms with Gasteiger partial charge in [-0.05, 0) is 20.8 Å². The second kappa shape index (κ2) is 4.31. The highest BCUT2D eigenvalue weighted by atomic mass is 17.2. The standard InChI is InChI=1S/C7H14O4/c1-7(2,3)11-10-6(9)4-5-8/h8H,4-5H2,1-3H3. The van der Waals surface area contributed by atoms with E-state index in [4.69, 9.17) is 5.11 Å². The summed E-state index contributed by atoms with van der Waals surface area (Å²) >= 11 is 0. The average molecular weight is 162 g/mol. The normalized spacial score (nSPS) is 11.3. The Morgan fingerprint density at radius 3 is 2.36 bits per heavy atom. The Kier molecular flexibility index (Phi) is 4.07. The molecule has 0 saturated heterocycles. The summed E-state index contributed by atoms with van der Waals surface area (Å²) in [6, 6.07) is 0. The number of aliphatic hydroxyl groups excluding tert-OH is 1. The minimum atomic E-state index is -0.553. The number of carbonyl (C=O) groups is 1. The van der Waals surface area contributed by atoms with E-state index in [9.17, 15) is 4.79 Å². The molecule has 4 heteroatoms. The van der Waals surface area contributed by atoms with Gasteiger partial charge in [-0.25, -0.2) is 4.79 Å². The maximum Gasteiger partial charge on any atom is 0.344 e. The quantitative estimate of drug-likeness (QED) is 0.488. The molecule has 0 spiro atoms. The number of hydrogen-bond donors (Lipinski definition) is 1. The molecule has 0 aliphatic rings. The summed E-state index contributed by atoms with van der Waals surface area (Å²) in [5, 5.41) is 8.31. The van der Waals surface area contributed by atoms with Crippen LogP contribution in [0.5, 0.6) is 0 Å². The molecule has 0 bridgehead atoms. The van der Waals surface area contributed by atoms with Crippen molar-refractivity contribution in [1.29, 1.82) is 0 Å². The van der Waals surface area contributed by atoms with E-state index < -0.39 is 11.6 Å². The van der Waals surface area contributed by atoms with Crippen LogP contribution in [-0.2, 0) is 14.6 Å². The van der Waals surface area contributed by atoms with Gasteiger partial charge in [0.25, 0.3) is 0 Å². The van der Waals surface area contributed by atoms with Crippen LogP contribution in [0.1, 0.15) is 27.2 Å². The Balaban J connectivity index is 3.46. The van der Waals surface area contributed by atoms with Crippen molar-refractivity contribution in [3.8, 4) is 0 Å². The van der Waals surface area contributed by atoms with Crippen LogP contribution >= 0.6 is 0 Å². The highest BCUT2D eigenvalue weighted by Crippen LogP contribution is 2.07. The van der Waals surface area contributed by atoms with E-state index in [0.717, 1.165) is 0 Å². The second-order valence-corrected chi connectivity index (χ2v) is 3.12. The maximum atomic E-state index is 10.6. The van der Waals surface area contributed by atoms with E-state index in [0.29, 0.717) is 0 Å². The molecule has 0 aromatic carbocycles. The third kappa shape index (κ3) is 7.29. The molecule has 11 heavy (non-hydrogen) atoms. The maximum absolute atomic E-state index is 10.6. The van der Waals surface area contributed by atoms with E-state index in [2.05, 4.69) is 9.78 Å². The Bertz CT molecular complexity index is 125. The van der Waals surface area contributed by atoms with Gasteiger partial charge in [0.05, 0.1) is 13.0 Å². The van der Waals surface area contributed by atoms with Crippen LogP contribution in [0.25, 0.3) is 0 Å².